The summed E-state index contributed by atoms with van der Waals surface area (Å²) in [5.41, 5.74) is 3.97. The van der Waals surface area contributed by atoms with E-state index in [1.54, 1.807) is 0 Å². The predicted molar refractivity (Wildman–Crippen MR) is 106 cm³/mol. The molecule has 0 fully saturated rings. The van der Waals surface area contributed by atoms with Crippen LogP contribution >= 0.6 is 0 Å². The zero-order chi connectivity index (χ0) is 23.2. The van der Waals surface area contributed by atoms with Crippen LogP contribution in [-0.2, 0) is 17.6 Å². The Labute approximate surface area is 176 Å². The van der Waals surface area contributed by atoms with Gasteiger partial charge in [0.05, 0.1) is 24.3 Å². The van der Waals surface area contributed by atoms with Gasteiger partial charge in [0.25, 0.3) is 5.71 Å². The summed E-state index contributed by atoms with van der Waals surface area (Å²) in [6.07, 6.45) is -3.57. The average Bonchev–Trinajstić information content (AvgIpc) is 2.74. The highest BCUT2D eigenvalue weighted by Crippen LogP contribution is 2.31. The number of carbonyl (C=O) groups is 1. The maximum Gasteiger partial charge on any atom is 0.433 e. The van der Waals surface area contributed by atoms with Gasteiger partial charge in [-0.1, -0.05) is 6.07 Å². The number of aliphatic hydroxyl groups excluding tert-OH is 2. The number of carbonyl (C=O) groups excluding carboxylic acids is 1. The minimum Gasteiger partial charge on any atom is -0.489 e. The number of pyridine rings is 1. The minimum atomic E-state index is -4.62. The minimum absolute atomic E-state index is 0.0217. The third kappa shape index (κ3) is 5.92. The fourth-order valence-corrected chi connectivity index (χ4v) is 2.65. The van der Waals surface area contributed by atoms with E-state index in [1.165, 1.54) is 44.3 Å². The highest BCUT2D eigenvalue weighted by atomic mass is 19.4. The normalized spacial score (nSPS) is 12.5. The Morgan fingerprint density at radius 2 is 1.94 bits per heavy atom. The van der Waals surface area contributed by atoms with Crippen molar-refractivity contribution in [3.8, 4) is 5.75 Å². The standard InChI is InChI=1S/C20H23F3N4O4/c1-19(10-28,11-29)27-18(30)16(25-2)14-8-13(5-6-15(14)24)31-9-12-4-3-7-26-17(12)20(21,22)23/h3-8,28-29H,9-11,24H2,1-2H3,(H,27,30)/p+1. The van der Waals surface area contributed by atoms with E-state index in [0.717, 1.165) is 6.20 Å². The highest BCUT2D eigenvalue weighted by Gasteiger charge is 2.35. The molecule has 168 valence electrons. The molecule has 0 aliphatic heterocycles. The van der Waals surface area contributed by atoms with Crippen LogP contribution in [0.5, 0.6) is 5.75 Å². The largest absolute Gasteiger partial charge is 0.489 e. The first-order valence-corrected chi connectivity index (χ1v) is 9.17. The lowest BCUT2D eigenvalue weighted by Gasteiger charge is -2.25. The van der Waals surface area contributed by atoms with E-state index in [2.05, 4.69) is 15.3 Å². The predicted octanol–water partition coefficient (Wildman–Crippen LogP) is -0.379. The van der Waals surface area contributed by atoms with Gasteiger partial charge in [-0.25, -0.2) is 4.99 Å². The van der Waals surface area contributed by atoms with Gasteiger partial charge in [0.1, 0.15) is 19.4 Å². The van der Waals surface area contributed by atoms with Crippen molar-refractivity contribution in [1.29, 1.82) is 0 Å². The molecule has 6 N–H and O–H groups in total. The van der Waals surface area contributed by atoms with Gasteiger partial charge in [-0.2, -0.15) is 13.2 Å². The van der Waals surface area contributed by atoms with E-state index < -0.39 is 43.1 Å². The summed E-state index contributed by atoms with van der Waals surface area (Å²) < 4.78 is 44.8. The molecule has 0 spiro atoms. The molecule has 0 aliphatic carbocycles. The number of alkyl halides is 3. The molecule has 8 nitrogen and oxygen atoms in total. The zero-order valence-corrected chi connectivity index (χ0v) is 17.0. The first-order chi connectivity index (χ1) is 14.5. The second-order valence-electron chi connectivity index (χ2n) is 7.00. The molecule has 0 radical (unpaired) electrons. The van der Waals surface area contributed by atoms with Crippen LogP contribution in [0.3, 0.4) is 0 Å². The number of halogens is 3. The van der Waals surface area contributed by atoms with Gasteiger partial charge in [0, 0.05) is 17.4 Å². The number of ether oxygens (including phenoxy) is 1. The molecule has 2 rings (SSSR count). The van der Waals surface area contributed by atoms with Crippen LogP contribution in [0.15, 0.2) is 36.5 Å². The van der Waals surface area contributed by atoms with Crippen molar-refractivity contribution in [3.05, 3.63) is 53.3 Å². The number of aliphatic hydroxyl groups is 2. The number of nitrogen functional groups attached to an aromatic ring is 1. The number of nitrogens with one attached hydrogen (secondary N) is 2. The number of hydrogen-bond donors (Lipinski definition) is 5. The van der Waals surface area contributed by atoms with Crippen LogP contribution in [0.2, 0.25) is 0 Å². The van der Waals surface area contributed by atoms with Crippen LogP contribution in [0.25, 0.3) is 0 Å². The molecule has 1 heterocycles. The summed E-state index contributed by atoms with van der Waals surface area (Å²) in [6, 6.07) is 6.94. The van der Waals surface area contributed by atoms with E-state index in [-0.39, 0.29) is 28.3 Å². The Kier molecular flexibility index (Phi) is 7.58. The van der Waals surface area contributed by atoms with Crippen LogP contribution in [0.1, 0.15) is 23.7 Å². The molecule has 0 aliphatic rings. The number of rotatable bonds is 8. The molecule has 31 heavy (non-hydrogen) atoms. The Bertz CT molecular complexity index is 960. The Morgan fingerprint density at radius 3 is 2.52 bits per heavy atom. The van der Waals surface area contributed by atoms with Crippen molar-refractivity contribution in [2.75, 3.05) is 26.0 Å². The topological polar surface area (TPSA) is 132 Å². The third-order valence-electron chi connectivity index (χ3n) is 4.44. The maximum atomic E-state index is 13.1. The maximum absolute atomic E-state index is 13.1. The Morgan fingerprint density at radius 1 is 1.26 bits per heavy atom. The molecule has 2 aromatic rings. The lowest BCUT2D eigenvalue weighted by molar-refractivity contribution is -0.418. The summed E-state index contributed by atoms with van der Waals surface area (Å²) in [6.45, 7) is 0.0441. The summed E-state index contributed by atoms with van der Waals surface area (Å²) >= 11 is 0. The van der Waals surface area contributed by atoms with Crippen molar-refractivity contribution >= 4 is 17.3 Å². The van der Waals surface area contributed by atoms with E-state index in [0.29, 0.717) is 0 Å². The SMILES string of the molecule is C[NH+]=C(C(=O)NC(C)(CO)CO)c1cc(OCc2cccnc2C(F)(F)F)ccc1N. The first-order valence-electron chi connectivity index (χ1n) is 9.17. The molecule has 1 aromatic carbocycles. The van der Waals surface area contributed by atoms with Crippen molar-refractivity contribution in [2.24, 2.45) is 0 Å². The molecule has 1 aromatic heterocycles. The number of hydrogen-bond acceptors (Lipinski definition) is 6. The van der Waals surface area contributed by atoms with E-state index in [4.69, 9.17) is 10.5 Å². The summed E-state index contributed by atoms with van der Waals surface area (Å²) in [5, 5.41) is 21.3. The third-order valence-corrected chi connectivity index (χ3v) is 4.44. The van der Waals surface area contributed by atoms with E-state index in [1.807, 2.05) is 0 Å². The van der Waals surface area contributed by atoms with Gasteiger partial charge in [-0.05, 0) is 31.2 Å². The molecule has 1 amide bonds. The Hall–Kier alpha value is -3.18. The molecule has 11 heteroatoms. The average molecular weight is 441 g/mol. The summed E-state index contributed by atoms with van der Waals surface area (Å²) in [5.74, 6) is -0.475. The lowest BCUT2D eigenvalue weighted by Crippen LogP contribution is -2.73. The summed E-state index contributed by atoms with van der Waals surface area (Å²) in [7, 11) is 1.47. The van der Waals surface area contributed by atoms with Gasteiger partial charge in [0.2, 0.25) is 0 Å². The number of anilines is 1. The second-order valence-corrected chi connectivity index (χ2v) is 7.00. The lowest BCUT2D eigenvalue weighted by atomic mass is 10.0. The van der Waals surface area contributed by atoms with Gasteiger partial charge in [0.15, 0.2) is 5.69 Å². The van der Waals surface area contributed by atoms with Crippen LogP contribution in [-0.4, -0.2) is 52.6 Å². The molecule has 0 bridgehead atoms. The van der Waals surface area contributed by atoms with E-state index in [9.17, 15) is 28.2 Å². The molecule has 0 unspecified atom stereocenters. The molecule has 0 saturated heterocycles. The molecule has 0 saturated carbocycles. The van der Waals surface area contributed by atoms with Crippen LogP contribution < -0.4 is 20.8 Å². The van der Waals surface area contributed by atoms with E-state index >= 15 is 0 Å². The second kappa shape index (κ2) is 9.75. The summed E-state index contributed by atoms with van der Waals surface area (Å²) in [4.78, 5) is 18.7. The molecular formula is C20H24F3N4O4+. The number of nitrogens with zero attached hydrogens (tertiary/aromatic N) is 1. The number of amides is 1. The number of aromatic nitrogens is 1. The van der Waals surface area contributed by atoms with Crippen molar-refractivity contribution < 1.29 is 37.9 Å². The Balaban J connectivity index is 2.27. The number of benzene rings is 1. The quantitative estimate of drug-likeness (QED) is 0.280. The van der Waals surface area contributed by atoms with Crippen LogP contribution in [0, 0.1) is 0 Å². The van der Waals surface area contributed by atoms with Crippen LogP contribution in [0.4, 0.5) is 18.9 Å². The van der Waals surface area contributed by atoms with Crippen molar-refractivity contribution in [1.82, 2.24) is 10.3 Å². The van der Waals surface area contributed by atoms with Gasteiger partial charge < -0.3 is 26.0 Å². The fraction of sp³-hybridized carbons (Fsp3) is 0.350. The van der Waals surface area contributed by atoms with Gasteiger partial charge >= 0.3 is 12.1 Å². The monoisotopic (exact) mass is 441 g/mol. The van der Waals surface area contributed by atoms with Crippen molar-refractivity contribution in [3.63, 3.8) is 0 Å². The van der Waals surface area contributed by atoms with Gasteiger partial charge in [-0.3, -0.25) is 9.78 Å². The molecular weight excluding hydrogens is 417 g/mol. The number of nitrogens with two attached hydrogens (primary N) is 1. The van der Waals surface area contributed by atoms with Gasteiger partial charge in [-0.15, -0.1) is 0 Å². The zero-order valence-electron chi connectivity index (χ0n) is 17.0. The molecule has 0 atom stereocenters. The van der Waals surface area contributed by atoms with Crippen molar-refractivity contribution in [2.45, 2.75) is 25.2 Å². The highest BCUT2D eigenvalue weighted by molar-refractivity contribution is 6.44. The smallest absolute Gasteiger partial charge is 0.433 e. The fourth-order valence-electron chi connectivity index (χ4n) is 2.65. The first kappa shape index (κ1) is 24.1.